The van der Waals surface area contributed by atoms with Crippen molar-refractivity contribution >= 4 is 31.5 Å². The van der Waals surface area contributed by atoms with Gasteiger partial charge in [-0.05, 0) is 48.5 Å². The molecule has 21 heavy (non-hydrogen) atoms. The van der Waals surface area contributed by atoms with Crippen molar-refractivity contribution in [3.05, 3.63) is 90.0 Å². The zero-order valence-corrected chi connectivity index (χ0v) is 13.6. The molecule has 0 spiro atoms. The number of hydrogen-bond donors (Lipinski definition) is 0. The van der Waals surface area contributed by atoms with Crippen LogP contribution in [0.2, 0.25) is 5.02 Å². The minimum Gasteiger partial charge on any atom is -0.0843 e. The summed E-state index contributed by atoms with van der Waals surface area (Å²) in [5, 5.41) is 0.721. The van der Waals surface area contributed by atoms with Crippen molar-refractivity contribution in [2.45, 2.75) is 14.7 Å². The van der Waals surface area contributed by atoms with Crippen molar-refractivity contribution < 1.29 is 0 Å². The van der Waals surface area contributed by atoms with Crippen molar-refractivity contribution in [3.8, 4) is 0 Å². The smallest absolute Gasteiger partial charge is 0.0406 e. The molecule has 0 saturated carbocycles. The zero-order valence-electron chi connectivity index (χ0n) is 11.2. The summed E-state index contributed by atoms with van der Waals surface area (Å²) in [6, 6.07) is 28.3. The Morgan fingerprint density at radius 2 is 0.905 bits per heavy atom. The zero-order chi connectivity index (χ0) is 14.7. The summed E-state index contributed by atoms with van der Waals surface area (Å²) < 4.78 is 0. The van der Waals surface area contributed by atoms with Crippen LogP contribution in [0, 0.1) is 0 Å². The van der Waals surface area contributed by atoms with Crippen LogP contribution in [0.4, 0.5) is 0 Å². The van der Waals surface area contributed by atoms with Crippen LogP contribution >= 0.6 is 31.5 Å². The van der Waals surface area contributed by atoms with Gasteiger partial charge in [0.2, 0.25) is 0 Å². The third-order valence-electron chi connectivity index (χ3n) is 3.27. The molecule has 0 saturated heterocycles. The van der Waals surface area contributed by atoms with Crippen LogP contribution < -0.4 is 0 Å². The number of rotatable bonds is 3. The average molecular weight is 333 g/mol. The van der Waals surface area contributed by atoms with E-state index in [1.165, 1.54) is 0 Å². The molecule has 0 heterocycles. The van der Waals surface area contributed by atoms with Gasteiger partial charge in [-0.3, -0.25) is 0 Å². The molecule has 106 valence electrons. The average Bonchev–Trinajstić information content (AvgIpc) is 2.56. The van der Waals surface area contributed by atoms with Gasteiger partial charge in [-0.15, -0.1) is 0 Å². The van der Waals surface area contributed by atoms with Gasteiger partial charge in [-0.2, -0.15) is 0 Å². The molecule has 0 amide bonds. The molecule has 0 aromatic heterocycles. The molecule has 0 fully saturated rings. The lowest BCUT2D eigenvalue weighted by Crippen LogP contribution is -1.96. The molecule has 0 radical (unpaired) electrons. The Bertz CT molecular complexity index is 670. The monoisotopic (exact) mass is 332 g/mol. The normalized spacial score (nSPS) is 12.1. The minimum atomic E-state index is -1.78. The summed E-state index contributed by atoms with van der Waals surface area (Å²) in [7, 11) is 5.43. The van der Waals surface area contributed by atoms with Gasteiger partial charge in [0.25, 0.3) is 0 Å². The van der Waals surface area contributed by atoms with Gasteiger partial charge in [0.15, 0.2) is 0 Å². The summed E-state index contributed by atoms with van der Waals surface area (Å²) in [6.45, 7) is 0. The Hall–Kier alpha value is -1.41. The van der Waals surface area contributed by atoms with Crippen molar-refractivity contribution in [3.63, 3.8) is 0 Å². The SMILES string of the molecule is Clc1ccc(S(Cl)(c2ccccc2)c2ccccc2)cc1. The fraction of sp³-hybridized carbons (Fsp3) is 0. The molecule has 3 heteroatoms. The van der Waals surface area contributed by atoms with E-state index in [1.807, 2.05) is 60.7 Å². The Balaban J connectivity index is 2.23. The Kier molecular flexibility index (Phi) is 4.25. The lowest BCUT2D eigenvalue weighted by molar-refractivity contribution is 1.32. The van der Waals surface area contributed by atoms with Gasteiger partial charge in [0, 0.05) is 19.7 Å². The second-order valence-electron chi connectivity index (χ2n) is 4.62. The third kappa shape index (κ3) is 2.82. The Morgan fingerprint density at radius 3 is 1.33 bits per heavy atom. The summed E-state index contributed by atoms with van der Waals surface area (Å²) >= 11 is 6.02. The van der Waals surface area contributed by atoms with Crippen LogP contribution in [0.5, 0.6) is 0 Å². The molecule has 0 bridgehead atoms. The van der Waals surface area contributed by atoms with E-state index in [-0.39, 0.29) is 0 Å². The first-order chi connectivity index (χ1) is 10.2. The lowest BCUT2D eigenvalue weighted by atomic mass is 10.4. The second kappa shape index (κ2) is 6.15. The highest BCUT2D eigenvalue weighted by Crippen LogP contribution is 2.72. The van der Waals surface area contributed by atoms with Gasteiger partial charge in [0.1, 0.15) is 0 Å². The van der Waals surface area contributed by atoms with Gasteiger partial charge in [0.05, 0.1) is 0 Å². The summed E-state index contributed by atoms with van der Waals surface area (Å²) in [4.78, 5) is 3.34. The van der Waals surface area contributed by atoms with Crippen LogP contribution in [0.1, 0.15) is 0 Å². The van der Waals surface area contributed by atoms with Gasteiger partial charge >= 0.3 is 0 Å². The summed E-state index contributed by atoms with van der Waals surface area (Å²) in [5.41, 5.74) is 0. The molecule has 0 unspecified atom stereocenters. The minimum absolute atomic E-state index is 0.721. The van der Waals surface area contributed by atoms with Crippen LogP contribution in [0.25, 0.3) is 0 Å². The first-order valence-electron chi connectivity index (χ1n) is 6.60. The summed E-state index contributed by atoms with van der Waals surface area (Å²) in [6.07, 6.45) is 0. The highest BCUT2D eigenvalue weighted by Gasteiger charge is 2.28. The molecule has 3 aromatic rings. The first-order valence-corrected chi connectivity index (χ1v) is 9.44. The molecule has 3 aromatic carbocycles. The summed E-state index contributed by atoms with van der Waals surface area (Å²) in [5.74, 6) is 0. The number of hydrogen-bond acceptors (Lipinski definition) is 0. The first kappa shape index (κ1) is 14.5. The van der Waals surface area contributed by atoms with E-state index in [0.717, 1.165) is 19.7 Å². The predicted octanol–water partition coefficient (Wildman–Crippen LogP) is 6.78. The maximum Gasteiger partial charge on any atom is 0.0406 e. The van der Waals surface area contributed by atoms with E-state index in [9.17, 15) is 0 Å². The van der Waals surface area contributed by atoms with Crippen molar-refractivity contribution in [1.82, 2.24) is 0 Å². The molecule has 0 aliphatic carbocycles. The molecular formula is C18H14Cl2S. The van der Waals surface area contributed by atoms with Crippen molar-refractivity contribution in [1.29, 1.82) is 0 Å². The maximum atomic E-state index is 7.21. The third-order valence-corrected chi connectivity index (χ3v) is 7.90. The molecular weight excluding hydrogens is 319 g/mol. The van der Waals surface area contributed by atoms with Crippen LogP contribution in [0.15, 0.2) is 99.6 Å². The number of halogens is 2. The van der Waals surface area contributed by atoms with E-state index < -0.39 is 9.24 Å². The highest BCUT2D eigenvalue weighted by atomic mass is 35.7. The van der Waals surface area contributed by atoms with Crippen LogP contribution in [0.3, 0.4) is 0 Å². The molecule has 3 rings (SSSR count). The standard InChI is InChI=1S/C18H14Cl2S/c19-15-11-13-18(14-12-15)21(20,16-7-3-1-4-8-16)17-9-5-2-6-10-17/h1-14H. The predicted molar refractivity (Wildman–Crippen MR) is 92.6 cm³/mol. The van der Waals surface area contributed by atoms with Crippen molar-refractivity contribution in [2.24, 2.45) is 0 Å². The van der Waals surface area contributed by atoms with Crippen LogP contribution in [-0.4, -0.2) is 0 Å². The van der Waals surface area contributed by atoms with Crippen LogP contribution in [-0.2, 0) is 0 Å². The van der Waals surface area contributed by atoms with E-state index in [0.29, 0.717) is 0 Å². The van der Waals surface area contributed by atoms with Gasteiger partial charge in [-0.25, -0.2) is 0 Å². The Morgan fingerprint density at radius 1 is 0.524 bits per heavy atom. The van der Waals surface area contributed by atoms with E-state index >= 15 is 0 Å². The fourth-order valence-electron chi connectivity index (χ4n) is 2.25. The van der Waals surface area contributed by atoms with E-state index in [1.54, 1.807) is 0 Å². The fourth-order valence-corrected chi connectivity index (χ4v) is 5.69. The molecule has 0 aliphatic rings. The molecule has 0 atom stereocenters. The van der Waals surface area contributed by atoms with E-state index in [4.69, 9.17) is 22.3 Å². The van der Waals surface area contributed by atoms with Gasteiger partial charge in [-0.1, -0.05) is 67.9 Å². The second-order valence-corrected chi connectivity index (χ2v) is 8.93. The molecule has 0 N–H and O–H groups in total. The van der Waals surface area contributed by atoms with E-state index in [2.05, 4.69) is 24.3 Å². The molecule has 0 aliphatic heterocycles. The van der Waals surface area contributed by atoms with Crippen molar-refractivity contribution in [2.75, 3.05) is 0 Å². The lowest BCUT2D eigenvalue weighted by Gasteiger charge is -2.34. The van der Waals surface area contributed by atoms with Gasteiger partial charge < -0.3 is 0 Å². The molecule has 0 nitrogen and oxygen atoms in total. The number of benzene rings is 3. The maximum absolute atomic E-state index is 7.21. The Labute approximate surface area is 136 Å². The quantitative estimate of drug-likeness (QED) is 0.496. The topological polar surface area (TPSA) is 0 Å². The largest absolute Gasteiger partial charge is 0.0843 e. The highest BCUT2D eigenvalue weighted by molar-refractivity contribution is 8.51.